The van der Waals surface area contributed by atoms with Crippen molar-refractivity contribution in [1.82, 2.24) is 20.5 Å². The maximum Gasteiger partial charge on any atom is 0.194 e. The van der Waals surface area contributed by atoms with Crippen LogP contribution >= 0.6 is 0 Å². The molecule has 2 atom stereocenters. The van der Waals surface area contributed by atoms with Crippen molar-refractivity contribution in [3.05, 3.63) is 87.3 Å². The van der Waals surface area contributed by atoms with Crippen LogP contribution in [0.5, 0.6) is 17.2 Å². The standard InChI is InChI=1S/C31H32N4O6/c1-14(2)29-33-30(35-34-29)19(12-18-10-8-7-9-11-18)32-16(4)22-20(37)13-21-31(6,28(22)40)24-26(39)15(3)25(38)23(17(5)36)27(24)41-21/h7-11,13-14,19,32,38-39H,12H2,1-6H3,(H,33,34,35)/t19?,31-/m0/s1. The van der Waals surface area contributed by atoms with Crippen molar-refractivity contribution in [3.63, 3.8) is 0 Å². The van der Waals surface area contributed by atoms with E-state index >= 15 is 0 Å². The molecule has 0 saturated carbocycles. The van der Waals surface area contributed by atoms with E-state index in [1.165, 1.54) is 19.9 Å². The van der Waals surface area contributed by atoms with E-state index < -0.39 is 34.6 Å². The first kappa shape index (κ1) is 27.8. The summed E-state index contributed by atoms with van der Waals surface area (Å²) in [5, 5.41) is 32.3. The average Bonchev–Trinajstić information content (AvgIpc) is 3.52. The fraction of sp³-hybridized carbons (Fsp3) is 0.323. The molecular formula is C31H32N4O6. The minimum Gasteiger partial charge on any atom is -0.507 e. The highest BCUT2D eigenvalue weighted by atomic mass is 16.5. The van der Waals surface area contributed by atoms with Gasteiger partial charge in [0.15, 0.2) is 23.2 Å². The maximum atomic E-state index is 14.2. The number of ether oxygens (including phenoxy) is 1. The normalized spacial score (nSPS) is 19.8. The molecule has 0 amide bonds. The summed E-state index contributed by atoms with van der Waals surface area (Å²) in [7, 11) is 0. The summed E-state index contributed by atoms with van der Waals surface area (Å²) < 4.78 is 5.86. The van der Waals surface area contributed by atoms with Crippen LogP contribution in [0.3, 0.4) is 0 Å². The second-order valence-electron chi connectivity index (χ2n) is 11.0. The molecule has 2 heterocycles. The third kappa shape index (κ3) is 4.39. The van der Waals surface area contributed by atoms with Gasteiger partial charge in [-0.25, -0.2) is 4.98 Å². The van der Waals surface area contributed by atoms with Gasteiger partial charge in [0, 0.05) is 23.3 Å². The van der Waals surface area contributed by atoms with Gasteiger partial charge < -0.3 is 20.3 Å². The first-order valence-electron chi connectivity index (χ1n) is 13.4. The topological polar surface area (TPSA) is 154 Å². The first-order chi connectivity index (χ1) is 19.4. The molecule has 2 aliphatic rings. The second-order valence-corrected chi connectivity index (χ2v) is 11.0. The number of hydrogen-bond acceptors (Lipinski definition) is 9. The van der Waals surface area contributed by atoms with Crippen LogP contribution in [0.25, 0.3) is 0 Å². The van der Waals surface area contributed by atoms with Crippen LogP contribution < -0.4 is 10.1 Å². The van der Waals surface area contributed by atoms with Crippen molar-refractivity contribution < 1.29 is 29.3 Å². The van der Waals surface area contributed by atoms with E-state index in [0.29, 0.717) is 23.8 Å². The van der Waals surface area contributed by atoms with Gasteiger partial charge in [-0.1, -0.05) is 44.2 Å². The highest BCUT2D eigenvalue weighted by molar-refractivity contribution is 6.31. The molecule has 1 unspecified atom stereocenters. The van der Waals surface area contributed by atoms with Gasteiger partial charge in [0.25, 0.3) is 0 Å². The zero-order valence-corrected chi connectivity index (χ0v) is 23.7. The van der Waals surface area contributed by atoms with E-state index in [9.17, 15) is 24.6 Å². The summed E-state index contributed by atoms with van der Waals surface area (Å²) in [5.41, 5.74) is -0.444. The third-order valence-electron chi connectivity index (χ3n) is 7.80. The Labute approximate surface area is 237 Å². The van der Waals surface area contributed by atoms with Gasteiger partial charge in [-0.2, -0.15) is 5.10 Å². The number of aromatic nitrogens is 3. The molecule has 10 heteroatoms. The number of Topliss-reactive ketones (excluding diaryl/α,β-unsaturated/α-hetero) is 2. The Morgan fingerprint density at radius 3 is 2.41 bits per heavy atom. The second kappa shape index (κ2) is 10.0. The molecule has 10 nitrogen and oxygen atoms in total. The predicted molar refractivity (Wildman–Crippen MR) is 150 cm³/mol. The Morgan fingerprint density at radius 1 is 1.12 bits per heavy atom. The van der Waals surface area contributed by atoms with E-state index in [0.717, 1.165) is 5.56 Å². The molecule has 0 bridgehead atoms. The highest BCUT2D eigenvalue weighted by Crippen LogP contribution is 2.57. The monoisotopic (exact) mass is 556 g/mol. The molecule has 4 N–H and O–H groups in total. The van der Waals surface area contributed by atoms with E-state index in [1.807, 2.05) is 44.2 Å². The summed E-state index contributed by atoms with van der Waals surface area (Å²) >= 11 is 0. The Balaban J connectivity index is 1.60. The van der Waals surface area contributed by atoms with Crippen LogP contribution in [0.1, 0.15) is 85.3 Å². The number of ketones is 3. The molecule has 2 aromatic carbocycles. The number of aromatic amines is 1. The molecule has 1 aliphatic carbocycles. The molecule has 212 valence electrons. The Hall–Kier alpha value is -4.73. The zero-order chi connectivity index (χ0) is 29.8. The Morgan fingerprint density at radius 2 is 1.80 bits per heavy atom. The number of phenols is 2. The van der Waals surface area contributed by atoms with E-state index in [1.54, 1.807) is 13.8 Å². The molecule has 0 fully saturated rings. The number of benzene rings is 2. The number of nitrogens with zero attached hydrogens (tertiary/aromatic N) is 2. The smallest absolute Gasteiger partial charge is 0.194 e. The summed E-state index contributed by atoms with van der Waals surface area (Å²) in [4.78, 5) is 44.7. The van der Waals surface area contributed by atoms with Crippen molar-refractivity contribution >= 4 is 17.3 Å². The zero-order valence-electron chi connectivity index (χ0n) is 23.7. The van der Waals surface area contributed by atoms with Gasteiger partial charge in [-0.05, 0) is 39.7 Å². The minimum atomic E-state index is -1.60. The summed E-state index contributed by atoms with van der Waals surface area (Å²) in [6.45, 7) is 9.85. The van der Waals surface area contributed by atoms with Crippen LogP contribution in [0, 0.1) is 6.92 Å². The average molecular weight is 557 g/mol. The van der Waals surface area contributed by atoms with E-state index in [-0.39, 0.29) is 45.4 Å². The quantitative estimate of drug-likeness (QED) is 0.188. The number of rotatable bonds is 7. The number of carbonyl (C=O) groups excluding carboxylic acids is 3. The van der Waals surface area contributed by atoms with Crippen molar-refractivity contribution in [2.75, 3.05) is 0 Å². The summed E-state index contributed by atoms with van der Waals surface area (Å²) in [5.74, 6) is -1.32. The SMILES string of the molecule is CC(=O)c1c(O)c(C)c(O)c2c1OC1=CC(=O)C(=C(C)NC(Cc3ccccc3)c3nc(C(C)C)n[nH]3)C(=O)[C@@]12C. The lowest BCUT2D eigenvalue weighted by Crippen LogP contribution is -2.41. The lowest BCUT2D eigenvalue weighted by atomic mass is 9.70. The maximum absolute atomic E-state index is 14.2. The number of hydrogen-bond donors (Lipinski definition) is 4. The number of phenolic OH excluding ortho intramolecular Hbond substituents is 2. The van der Waals surface area contributed by atoms with E-state index in [4.69, 9.17) is 4.74 Å². The number of nitrogens with one attached hydrogen (secondary N) is 2. The van der Waals surface area contributed by atoms with Crippen molar-refractivity contribution in [3.8, 4) is 17.2 Å². The fourth-order valence-corrected chi connectivity index (χ4v) is 5.46. The lowest BCUT2D eigenvalue weighted by molar-refractivity contribution is -0.123. The molecule has 5 rings (SSSR count). The van der Waals surface area contributed by atoms with Crippen molar-refractivity contribution in [2.24, 2.45) is 0 Å². The van der Waals surface area contributed by atoms with Crippen molar-refractivity contribution in [1.29, 1.82) is 0 Å². The van der Waals surface area contributed by atoms with Gasteiger partial charge in [-0.15, -0.1) is 0 Å². The molecule has 3 aromatic rings. The number of carbonyl (C=O) groups is 3. The minimum absolute atomic E-state index is 0.0144. The van der Waals surface area contributed by atoms with Crippen LogP contribution in [0.15, 0.2) is 53.4 Å². The van der Waals surface area contributed by atoms with Crippen LogP contribution in [0.2, 0.25) is 0 Å². The molecule has 0 radical (unpaired) electrons. The predicted octanol–water partition coefficient (Wildman–Crippen LogP) is 4.38. The molecule has 41 heavy (non-hydrogen) atoms. The highest BCUT2D eigenvalue weighted by Gasteiger charge is 2.56. The Bertz CT molecular complexity index is 1670. The van der Waals surface area contributed by atoms with Crippen LogP contribution in [-0.2, 0) is 21.4 Å². The summed E-state index contributed by atoms with van der Waals surface area (Å²) in [6, 6.07) is 9.28. The molecule has 0 spiro atoms. The third-order valence-corrected chi connectivity index (χ3v) is 7.80. The van der Waals surface area contributed by atoms with Gasteiger partial charge in [0.1, 0.15) is 39.8 Å². The van der Waals surface area contributed by atoms with E-state index in [2.05, 4.69) is 20.5 Å². The number of fused-ring (bicyclic) bond motifs is 3. The largest absolute Gasteiger partial charge is 0.507 e. The van der Waals surface area contributed by atoms with Gasteiger partial charge in [0.05, 0.1) is 17.2 Å². The van der Waals surface area contributed by atoms with Gasteiger partial charge in [0.2, 0.25) is 0 Å². The molecule has 0 saturated heterocycles. The molecular weight excluding hydrogens is 524 g/mol. The number of allylic oxidation sites excluding steroid dienone is 4. The van der Waals surface area contributed by atoms with Gasteiger partial charge in [-0.3, -0.25) is 19.5 Å². The van der Waals surface area contributed by atoms with Crippen molar-refractivity contribution in [2.45, 2.75) is 65.3 Å². The first-order valence-corrected chi connectivity index (χ1v) is 13.4. The molecule has 1 aliphatic heterocycles. The fourth-order valence-electron chi connectivity index (χ4n) is 5.46. The lowest BCUT2D eigenvalue weighted by Gasteiger charge is -2.29. The number of aromatic hydroxyl groups is 2. The Kier molecular flexibility index (Phi) is 6.81. The summed E-state index contributed by atoms with van der Waals surface area (Å²) in [6.07, 6.45) is 1.70. The number of H-pyrrole nitrogens is 1. The van der Waals surface area contributed by atoms with Crippen LogP contribution in [-0.4, -0.2) is 42.7 Å². The van der Waals surface area contributed by atoms with Gasteiger partial charge >= 0.3 is 0 Å². The van der Waals surface area contributed by atoms with Crippen LogP contribution in [0.4, 0.5) is 0 Å². The molecule has 1 aromatic heterocycles.